The molecule has 1 aromatic heterocycles. The lowest BCUT2D eigenvalue weighted by Gasteiger charge is -2.31. The average Bonchev–Trinajstić information content (AvgIpc) is 3.24. The predicted octanol–water partition coefficient (Wildman–Crippen LogP) is 4.53. The van der Waals surface area contributed by atoms with Crippen molar-refractivity contribution in [3.8, 4) is 17.1 Å². The van der Waals surface area contributed by atoms with Crippen LogP contribution in [0, 0.1) is 0 Å². The van der Waals surface area contributed by atoms with E-state index in [1.165, 1.54) is 0 Å². The van der Waals surface area contributed by atoms with Crippen molar-refractivity contribution in [1.82, 2.24) is 15.0 Å². The predicted molar refractivity (Wildman–Crippen MR) is 108 cm³/mol. The van der Waals surface area contributed by atoms with Crippen LogP contribution in [0.2, 0.25) is 0 Å². The molecule has 1 amide bonds. The van der Waals surface area contributed by atoms with Crippen LogP contribution in [-0.2, 0) is 0 Å². The number of hydrogen-bond donors (Lipinski definition) is 0. The number of hydrogen-bond acceptors (Lipinski definition) is 5. The zero-order valence-electron chi connectivity index (χ0n) is 15.5. The summed E-state index contributed by atoms with van der Waals surface area (Å²) in [6, 6.07) is 15.1. The molecule has 0 radical (unpaired) electrons. The van der Waals surface area contributed by atoms with Gasteiger partial charge in [-0.25, -0.2) is 0 Å². The first-order valence-electron chi connectivity index (χ1n) is 9.17. The van der Waals surface area contributed by atoms with Gasteiger partial charge in [0.05, 0.1) is 18.6 Å². The molecule has 28 heavy (non-hydrogen) atoms. The highest BCUT2D eigenvalue weighted by atomic mass is 79.9. The summed E-state index contributed by atoms with van der Waals surface area (Å²) in [7, 11) is 1.58. The molecule has 1 atom stereocenters. The van der Waals surface area contributed by atoms with E-state index in [9.17, 15) is 4.79 Å². The lowest BCUT2D eigenvalue weighted by atomic mass is 9.97. The van der Waals surface area contributed by atoms with Crippen molar-refractivity contribution in [3.63, 3.8) is 0 Å². The number of carbonyl (C=O) groups is 1. The molecule has 0 bridgehead atoms. The molecular weight excluding hydrogens is 422 g/mol. The van der Waals surface area contributed by atoms with Crippen molar-refractivity contribution >= 4 is 21.8 Å². The lowest BCUT2D eigenvalue weighted by Crippen LogP contribution is -2.39. The van der Waals surface area contributed by atoms with Crippen LogP contribution in [0.5, 0.6) is 5.75 Å². The molecule has 2 heterocycles. The van der Waals surface area contributed by atoms with E-state index in [1.807, 2.05) is 41.3 Å². The molecule has 7 heteroatoms. The van der Waals surface area contributed by atoms with E-state index in [0.29, 0.717) is 36.1 Å². The fourth-order valence-corrected chi connectivity index (χ4v) is 3.74. The van der Waals surface area contributed by atoms with Crippen LogP contribution in [0.4, 0.5) is 0 Å². The zero-order valence-corrected chi connectivity index (χ0v) is 17.1. The van der Waals surface area contributed by atoms with E-state index in [4.69, 9.17) is 9.26 Å². The number of likely N-dealkylation sites (tertiary alicyclic amines) is 1. The van der Waals surface area contributed by atoms with Gasteiger partial charge in [0.25, 0.3) is 5.91 Å². The third-order valence-electron chi connectivity index (χ3n) is 4.94. The van der Waals surface area contributed by atoms with E-state index >= 15 is 0 Å². The number of aromatic nitrogens is 2. The fourth-order valence-electron chi connectivity index (χ4n) is 3.47. The van der Waals surface area contributed by atoms with Gasteiger partial charge in [-0.3, -0.25) is 4.79 Å². The van der Waals surface area contributed by atoms with Gasteiger partial charge in [-0.05, 0) is 49.2 Å². The number of halogens is 1. The van der Waals surface area contributed by atoms with Gasteiger partial charge in [0, 0.05) is 23.1 Å². The van der Waals surface area contributed by atoms with Crippen molar-refractivity contribution < 1.29 is 14.1 Å². The summed E-state index contributed by atoms with van der Waals surface area (Å²) >= 11 is 3.42. The first-order chi connectivity index (χ1) is 13.7. The van der Waals surface area contributed by atoms with E-state index in [2.05, 4.69) is 26.1 Å². The van der Waals surface area contributed by atoms with Gasteiger partial charge in [0.1, 0.15) is 5.75 Å². The van der Waals surface area contributed by atoms with Crippen molar-refractivity contribution in [2.24, 2.45) is 0 Å². The number of amides is 1. The minimum atomic E-state index is -0.0326. The zero-order chi connectivity index (χ0) is 19.5. The molecule has 3 aromatic rings. The first-order valence-corrected chi connectivity index (χ1v) is 9.97. The van der Waals surface area contributed by atoms with E-state index in [-0.39, 0.29) is 11.8 Å². The molecule has 1 unspecified atom stereocenters. The van der Waals surface area contributed by atoms with E-state index < -0.39 is 0 Å². The Bertz CT molecular complexity index is 971. The number of rotatable bonds is 4. The molecule has 144 valence electrons. The van der Waals surface area contributed by atoms with E-state index in [1.54, 1.807) is 19.2 Å². The Labute approximate surface area is 171 Å². The maximum Gasteiger partial charge on any atom is 0.257 e. The second-order valence-electron chi connectivity index (χ2n) is 6.75. The molecule has 0 aliphatic carbocycles. The van der Waals surface area contributed by atoms with Crippen LogP contribution in [-0.4, -0.2) is 41.1 Å². The van der Waals surface area contributed by atoms with Crippen LogP contribution < -0.4 is 4.74 Å². The molecule has 4 rings (SSSR count). The van der Waals surface area contributed by atoms with Crippen LogP contribution in [0.3, 0.4) is 0 Å². The minimum absolute atomic E-state index is 0.0316. The summed E-state index contributed by atoms with van der Waals surface area (Å²) in [5.41, 5.74) is 1.47. The molecule has 2 aromatic carbocycles. The fraction of sp³-hybridized carbons (Fsp3) is 0.286. The third kappa shape index (κ3) is 3.80. The van der Waals surface area contributed by atoms with Crippen LogP contribution in [0.1, 0.15) is 35.0 Å². The molecule has 1 aliphatic rings. The Hall–Kier alpha value is -2.67. The Morgan fingerprint density at radius 3 is 2.79 bits per heavy atom. The van der Waals surface area contributed by atoms with Gasteiger partial charge in [0.2, 0.25) is 11.7 Å². The van der Waals surface area contributed by atoms with Gasteiger partial charge in [-0.2, -0.15) is 4.98 Å². The SMILES string of the molecule is COc1ccccc1C(=O)N1CCCC(c2nc(-c3ccc(Br)cc3)no2)C1. The largest absolute Gasteiger partial charge is 0.496 e. The Kier molecular flexibility index (Phi) is 5.43. The summed E-state index contributed by atoms with van der Waals surface area (Å²) < 4.78 is 11.9. The van der Waals surface area contributed by atoms with Gasteiger partial charge in [-0.1, -0.05) is 33.2 Å². The molecule has 6 nitrogen and oxygen atoms in total. The maximum atomic E-state index is 13.0. The summed E-state index contributed by atoms with van der Waals surface area (Å²) in [4.78, 5) is 19.4. The quantitative estimate of drug-likeness (QED) is 0.594. The molecule has 0 saturated carbocycles. The normalized spacial score (nSPS) is 16.8. The first kappa shape index (κ1) is 18.7. The average molecular weight is 442 g/mol. The van der Waals surface area contributed by atoms with Crippen molar-refractivity contribution in [1.29, 1.82) is 0 Å². The lowest BCUT2D eigenvalue weighted by molar-refractivity contribution is 0.0692. The molecule has 1 fully saturated rings. The monoisotopic (exact) mass is 441 g/mol. The van der Waals surface area contributed by atoms with Gasteiger partial charge in [0.15, 0.2) is 0 Å². The van der Waals surface area contributed by atoms with Crippen molar-refractivity contribution in [2.75, 3.05) is 20.2 Å². The summed E-state index contributed by atoms with van der Waals surface area (Å²) in [5, 5.41) is 4.12. The Morgan fingerprint density at radius 2 is 2.00 bits per heavy atom. The standard InChI is InChI=1S/C21H20BrN3O3/c1-27-18-7-3-2-6-17(18)21(26)25-12-4-5-15(13-25)20-23-19(24-28-20)14-8-10-16(22)11-9-14/h2-3,6-11,15H,4-5,12-13H2,1H3. The molecule has 1 aliphatic heterocycles. The van der Waals surface area contributed by atoms with Crippen molar-refractivity contribution in [3.05, 3.63) is 64.5 Å². The summed E-state index contributed by atoms with van der Waals surface area (Å²) in [6.07, 6.45) is 1.80. The topological polar surface area (TPSA) is 68.5 Å². The number of carbonyl (C=O) groups excluding carboxylic acids is 1. The number of ether oxygens (including phenoxy) is 1. The summed E-state index contributed by atoms with van der Waals surface area (Å²) in [6.45, 7) is 1.26. The van der Waals surface area contributed by atoms with Crippen LogP contribution >= 0.6 is 15.9 Å². The second-order valence-corrected chi connectivity index (χ2v) is 7.67. The van der Waals surface area contributed by atoms with Gasteiger partial charge >= 0.3 is 0 Å². The smallest absolute Gasteiger partial charge is 0.257 e. The van der Waals surface area contributed by atoms with Crippen molar-refractivity contribution in [2.45, 2.75) is 18.8 Å². The molecule has 0 N–H and O–H groups in total. The number of benzene rings is 2. The minimum Gasteiger partial charge on any atom is -0.496 e. The highest BCUT2D eigenvalue weighted by Gasteiger charge is 2.30. The molecule has 1 saturated heterocycles. The third-order valence-corrected chi connectivity index (χ3v) is 5.47. The highest BCUT2D eigenvalue weighted by Crippen LogP contribution is 2.30. The van der Waals surface area contributed by atoms with E-state index in [0.717, 1.165) is 22.9 Å². The Morgan fingerprint density at radius 1 is 1.21 bits per heavy atom. The second kappa shape index (κ2) is 8.14. The number of nitrogens with zero attached hydrogens (tertiary/aromatic N) is 3. The molecular formula is C21H20BrN3O3. The molecule has 0 spiro atoms. The number of para-hydroxylation sites is 1. The van der Waals surface area contributed by atoms with Gasteiger partial charge in [-0.15, -0.1) is 0 Å². The van der Waals surface area contributed by atoms with Crippen LogP contribution in [0.15, 0.2) is 57.5 Å². The van der Waals surface area contributed by atoms with Crippen LogP contribution in [0.25, 0.3) is 11.4 Å². The number of methoxy groups -OCH3 is 1. The van der Waals surface area contributed by atoms with Gasteiger partial charge < -0.3 is 14.2 Å². The Balaban J connectivity index is 1.51. The maximum absolute atomic E-state index is 13.0. The highest BCUT2D eigenvalue weighted by molar-refractivity contribution is 9.10. The number of piperidine rings is 1. The summed E-state index contributed by atoms with van der Waals surface area (Å²) in [5.74, 6) is 1.73.